The highest BCUT2D eigenvalue weighted by atomic mass is 16.2. The molecule has 1 aromatic carbocycles. The summed E-state index contributed by atoms with van der Waals surface area (Å²) in [5.41, 5.74) is 0.100. The van der Waals surface area contributed by atoms with E-state index >= 15 is 0 Å². The maximum atomic E-state index is 12.1. The Kier molecular flexibility index (Phi) is 4.15. The molecule has 1 aromatic heterocycles. The second kappa shape index (κ2) is 6.28. The number of amides is 1. The Labute approximate surface area is 143 Å². The van der Waals surface area contributed by atoms with E-state index in [0.717, 1.165) is 16.7 Å². The number of hydrogen-bond acceptors (Lipinski definition) is 5. The fraction of sp³-hybridized carbons (Fsp3) is 0.294. The third kappa shape index (κ3) is 2.80. The normalized spacial score (nSPS) is 13.8. The van der Waals surface area contributed by atoms with Crippen LogP contribution in [0.1, 0.15) is 18.4 Å². The topological polar surface area (TPSA) is 100 Å². The van der Waals surface area contributed by atoms with Gasteiger partial charge < -0.3 is 10.2 Å². The van der Waals surface area contributed by atoms with Crippen LogP contribution in [0.3, 0.4) is 0 Å². The summed E-state index contributed by atoms with van der Waals surface area (Å²) < 4.78 is 2.11. The minimum Gasteiger partial charge on any atom is -0.340 e. The van der Waals surface area contributed by atoms with Crippen molar-refractivity contribution < 1.29 is 4.79 Å². The van der Waals surface area contributed by atoms with Gasteiger partial charge in [-0.3, -0.25) is 18.7 Å². The van der Waals surface area contributed by atoms with E-state index in [2.05, 4.69) is 5.32 Å². The van der Waals surface area contributed by atoms with Gasteiger partial charge in [0.25, 0.3) is 5.56 Å². The van der Waals surface area contributed by atoms with Gasteiger partial charge in [-0.15, -0.1) is 0 Å². The highest BCUT2D eigenvalue weighted by molar-refractivity contribution is 5.95. The summed E-state index contributed by atoms with van der Waals surface area (Å²) >= 11 is 0. The zero-order valence-corrected chi connectivity index (χ0v) is 13.9. The van der Waals surface area contributed by atoms with Crippen LogP contribution in [0.15, 0.2) is 33.9 Å². The molecule has 0 unspecified atom stereocenters. The van der Waals surface area contributed by atoms with Crippen molar-refractivity contribution in [2.45, 2.75) is 12.8 Å². The lowest BCUT2D eigenvalue weighted by Gasteiger charge is -2.17. The SMILES string of the molecule is Cn1c(Nc2ccc(N3CCCC3=O)cc2)c(C#N)c(=O)n(C)c1=O. The van der Waals surface area contributed by atoms with Gasteiger partial charge >= 0.3 is 5.69 Å². The Hall–Kier alpha value is -3.34. The van der Waals surface area contributed by atoms with Crippen molar-refractivity contribution in [3.63, 3.8) is 0 Å². The van der Waals surface area contributed by atoms with Gasteiger partial charge in [-0.2, -0.15) is 5.26 Å². The predicted molar refractivity (Wildman–Crippen MR) is 93.0 cm³/mol. The number of rotatable bonds is 3. The van der Waals surface area contributed by atoms with E-state index in [4.69, 9.17) is 0 Å². The van der Waals surface area contributed by atoms with Crippen LogP contribution in [0, 0.1) is 11.3 Å². The summed E-state index contributed by atoms with van der Waals surface area (Å²) in [5, 5.41) is 12.2. The van der Waals surface area contributed by atoms with Crippen LogP contribution in [0.25, 0.3) is 0 Å². The van der Waals surface area contributed by atoms with Crippen molar-refractivity contribution >= 4 is 23.1 Å². The molecule has 0 bridgehead atoms. The minimum absolute atomic E-state index is 0.0985. The highest BCUT2D eigenvalue weighted by Gasteiger charge is 2.21. The number of aromatic nitrogens is 2. The van der Waals surface area contributed by atoms with Crippen molar-refractivity contribution in [3.05, 3.63) is 50.7 Å². The Morgan fingerprint density at radius 1 is 1.08 bits per heavy atom. The zero-order chi connectivity index (χ0) is 18.1. The Morgan fingerprint density at radius 3 is 2.32 bits per heavy atom. The summed E-state index contributed by atoms with van der Waals surface area (Å²) in [4.78, 5) is 37.7. The first-order chi connectivity index (χ1) is 11.9. The molecule has 1 aliphatic heterocycles. The first kappa shape index (κ1) is 16.5. The smallest absolute Gasteiger partial charge is 0.332 e. The molecule has 1 saturated heterocycles. The number of benzene rings is 1. The summed E-state index contributed by atoms with van der Waals surface area (Å²) in [6.45, 7) is 0.702. The van der Waals surface area contributed by atoms with Crippen molar-refractivity contribution in [3.8, 4) is 6.07 Å². The van der Waals surface area contributed by atoms with Gasteiger partial charge in [0, 0.05) is 38.4 Å². The van der Waals surface area contributed by atoms with Gasteiger partial charge in [0.2, 0.25) is 5.91 Å². The number of nitriles is 1. The second-order valence-electron chi connectivity index (χ2n) is 5.86. The Bertz CT molecular complexity index is 995. The number of carbonyl (C=O) groups excluding carboxylic acids is 1. The maximum Gasteiger partial charge on any atom is 0.332 e. The number of hydrogen-bond donors (Lipinski definition) is 1. The second-order valence-corrected chi connectivity index (χ2v) is 5.86. The molecule has 0 aliphatic carbocycles. The lowest BCUT2D eigenvalue weighted by atomic mass is 10.2. The molecule has 0 spiro atoms. The van der Waals surface area contributed by atoms with Crippen LogP contribution in [-0.2, 0) is 18.9 Å². The highest BCUT2D eigenvalue weighted by Crippen LogP contribution is 2.24. The first-order valence-electron chi connectivity index (χ1n) is 7.81. The Morgan fingerprint density at radius 2 is 1.76 bits per heavy atom. The Balaban J connectivity index is 1.96. The van der Waals surface area contributed by atoms with E-state index in [1.807, 2.05) is 6.07 Å². The van der Waals surface area contributed by atoms with Gasteiger partial charge in [0.1, 0.15) is 11.9 Å². The quantitative estimate of drug-likeness (QED) is 0.892. The molecule has 0 saturated carbocycles. The molecule has 8 nitrogen and oxygen atoms in total. The fourth-order valence-corrected chi connectivity index (χ4v) is 2.87. The summed E-state index contributed by atoms with van der Waals surface area (Å²) in [6.07, 6.45) is 1.40. The monoisotopic (exact) mass is 339 g/mol. The minimum atomic E-state index is -0.646. The molecule has 128 valence electrons. The number of anilines is 3. The van der Waals surface area contributed by atoms with Gasteiger partial charge in [0.05, 0.1) is 0 Å². The third-order valence-electron chi connectivity index (χ3n) is 4.29. The molecule has 2 heterocycles. The molecule has 8 heteroatoms. The van der Waals surface area contributed by atoms with Crippen LogP contribution in [0.2, 0.25) is 0 Å². The van der Waals surface area contributed by atoms with Crippen LogP contribution < -0.4 is 21.5 Å². The van der Waals surface area contributed by atoms with Crippen molar-refractivity contribution in [2.75, 3.05) is 16.8 Å². The molecule has 0 atom stereocenters. The molecule has 3 rings (SSSR count). The lowest BCUT2D eigenvalue weighted by Crippen LogP contribution is -2.39. The largest absolute Gasteiger partial charge is 0.340 e. The van der Waals surface area contributed by atoms with Crippen LogP contribution in [-0.4, -0.2) is 21.6 Å². The van der Waals surface area contributed by atoms with E-state index in [1.54, 1.807) is 29.2 Å². The van der Waals surface area contributed by atoms with E-state index in [0.29, 0.717) is 18.7 Å². The van der Waals surface area contributed by atoms with Gasteiger partial charge in [-0.25, -0.2) is 4.79 Å². The van der Waals surface area contributed by atoms with Crippen molar-refractivity contribution in [1.29, 1.82) is 5.26 Å². The van der Waals surface area contributed by atoms with E-state index in [1.165, 1.54) is 18.7 Å². The fourth-order valence-electron chi connectivity index (χ4n) is 2.87. The zero-order valence-electron chi connectivity index (χ0n) is 13.9. The summed E-state index contributed by atoms with van der Waals surface area (Å²) in [7, 11) is 2.82. The van der Waals surface area contributed by atoms with Gasteiger partial charge in [-0.05, 0) is 30.7 Å². The molecular weight excluding hydrogens is 322 g/mol. The standard InChI is InChI=1S/C17H17N5O3/c1-20-15(13(10-18)16(24)21(2)17(20)25)19-11-5-7-12(8-6-11)22-9-3-4-14(22)23/h5-8,19H,3-4,9H2,1-2H3. The average Bonchev–Trinajstić information content (AvgIpc) is 3.05. The molecule has 1 fully saturated rings. The molecule has 1 aliphatic rings. The van der Waals surface area contributed by atoms with Gasteiger partial charge in [-0.1, -0.05) is 0 Å². The van der Waals surface area contributed by atoms with Gasteiger partial charge in [0.15, 0.2) is 5.56 Å². The van der Waals surface area contributed by atoms with Crippen LogP contribution in [0.4, 0.5) is 17.2 Å². The lowest BCUT2D eigenvalue weighted by molar-refractivity contribution is -0.117. The van der Waals surface area contributed by atoms with Crippen molar-refractivity contribution in [2.24, 2.45) is 14.1 Å². The predicted octanol–water partition coefficient (Wildman–Crippen LogP) is 0.826. The van der Waals surface area contributed by atoms with Crippen LogP contribution >= 0.6 is 0 Å². The van der Waals surface area contributed by atoms with Crippen LogP contribution in [0.5, 0.6) is 0 Å². The number of nitrogens with one attached hydrogen (secondary N) is 1. The van der Waals surface area contributed by atoms with E-state index in [9.17, 15) is 19.6 Å². The molecule has 1 amide bonds. The van der Waals surface area contributed by atoms with E-state index < -0.39 is 11.2 Å². The third-order valence-corrected chi connectivity index (χ3v) is 4.29. The number of carbonyl (C=O) groups is 1. The molecule has 1 N–H and O–H groups in total. The molecule has 2 aromatic rings. The number of nitrogens with zero attached hydrogens (tertiary/aromatic N) is 4. The summed E-state index contributed by atoms with van der Waals surface area (Å²) in [5.74, 6) is 0.238. The molecule has 25 heavy (non-hydrogen) atoms. The van der Waals surface area contributed by atoms with E-state index in [-0.39, 0.29) is 17.3 Å². The molecule has 0 radical (unpaired) electrons. The maximum absolute atomic E-state index is 12.1. The first-order valence-corrected chi connectivity index (χ1v) is 7.81. The van der Waals surface area contributed by atoms with Crippen molar-refractivity contribution in [1.82, 2.24) is 9.13 Å². The summed E-state index contributed by atoms with van der Waals surface area (Å²) in [6, 6.07) is 8.90. The average molecular weight is 339 g/mol. The molecular formula is C17H17N5O3.